The van der Waals surface area contributed by atoms with E-state index in [0.29, 0.717) is 6.61 Å². The van der Waals surface area contributed by atoms with Gasteiger partial charge >= 0.3 is 0 Å². The molecular formula is C13H20N4O. The van der Waals surface area contributed by atoms with Crippen molar-refractivity contribution in [3.63, 3.8) is 0 Å². The zero-order valence-corrected chi connectivity index (χ0v) is 11.0. The van der Waals surface area contributed by atoms with Crippen molar-refractivity contribution in [2.75, 3.05) is 0 Å². The second-order valence-corrected chi connectivity index (χ2v) is 4.31. The van der Waals surface area contributed by atoms with E-state index < -0.39 is 0 Å². The van der Waals surface area contributed by atoms with Crippen LogP contribution in [0.2, 0.25) is 0 Å². The SMILES string of the molecule is CCCn1cc(OCc2cncn2CCC)cn1. The molecule has 98 valence electrons. The highest BCUT2D eigenvalue weighted by Gasteiger charge is 2.04. The van der Waals surface area contributed by atoms with Crippen LogP contribution in [0.25, 0.3) is 0 Å². The van der Waals surface area contributed by atoms with E-state index >= 15 is 0 Å². The van der Waals surface area contributed by atoms with Crippen LogP contribution in [-0.2, 0) is 19.7 Å². The number of aryl methyl sites for hydroxylation is 2. The van der Waals surface area contributed by atoms with Gasteiger partial charge in [-0.25, -0.2) is 4.98 Å². The Hall–Kier alpha value is -1.78. The van der Waals surface area contributed by atoms with Crippen LogP contribution in [0.15, 0.2) is 24.9 Å². The molecule has 0 aliphatic rings. The monoisotopic (exact) mass is 248 g/mol. The molecule has 2 rings (SSSR count). The molecule has 0 unspecified atom stereocenters. The Morgan fingerprint density at radius 1 is 1.17 bits per heavy atom. The summed E-state index contributed by atoms with van der Waals surface area (Å²) >= 11 is 0. The third-order valence-electron chi connectivity index (χ3n) is 2.71. The first-order valence-electron chi connectivity index (χ1n) is 6.47. The Bertz CT molecular complexity index is 475. The lowest BCUT2D eigenvalue weighted by molar-refractivity contribution is 0.294. The molecular weight excluding hydrogens is 228 g/mol. The summed E-state index contributed by atoms with van der Waals surface area (Å²) in [5, 5.41) is 4.23. The minimum absolute atomic E-state index is 0.540. The number of aromatic nitrogens is 4. The predicted octanol–water partition coefficient (Wildman–Crippen LogP) is 2.48. The average molecular weight is 248 g/mol. The number of hydrogen-bond donors (Lipinski definition) is 0. The minimum atomic E-state index is 0.540. The molecule has 0 N–H and O–H groups in total. The van der Waals surface area contributed by atoms with E-state index in [2.05, 4.69) is 28.5 Å². The van der Waals surface area contributed by atoms with Crippen molar-refractivity contribution in [2.24, 2.45) is 0 Å². The van der Waals surface area contributed by atoms with Gasteiger partial charge in [0.05, 0.1) is 30.6 Å². The van der Waals surface area contributed by atoms with Gasteiger partial charge in [-0.3, -0.25) is 4.68 Å². The lowest BCUT2D eigenvalue weighted by Gasteiger charge is -2.07. The fourth-order valence-corrected chi connectivity index (χ4v) is 1.84. The largest absolute Gasteiger partial charge is 0.484 e. The van der Waals surface area contributed by atoms with Crippen molar-refractivity contribution in [1.82, 2.24) is 19.3 Å². The summed E-state index contributed by atoms with van der Waals surface area (Å²) in [4.78, 5) is 4.15. The van der Waals surface area contributed by atoms with Crippen LogP contribution in [0, 0.1) is 0 Å². The van der Waals surface area contributed by atoms with E-state index in [1.165, 1.54) is 0 Å². The number of rotatable bonds is 7. The van der Waals surface area contributed by atoms with E-state index in [1.807, 2.05) is 23.4 Å². The molecule has 5 heteroatoms. The van der Waals surface area contributed by atoms with E-state index in [4.69, 9.17) is 4.74 Å². The molecule has 0 radical (unpaired) electrons. The van der Waals surface area contributed by atoms with Gasteiger partial charge in [0.2, 0.25) is 0 Å². The molecule has 0 saturated carbocycles. The lowest BCUT2D eigenvalue weighted by Crippen LogP contribution is -2.04. The maximum absolute atomic E-state index is 5.72. The van der Waals surface area contributed by atoms with Crippen LogP contribution in [0.5, 0.6) is 5.75 Å². The van der Waals surface area contributed by atoms with Gasteiger partial charge in [-0.15, -0.1) is 0 Å². The molecule has 0 atom stereocenters. The Balaban J connectivity index is 1.91. The molecule has 0 aliphatic heterocycles. The summed E-state index contributed by atoms with van der Waals surface area (Å²) in [7, 11) is 0. The second-order valence-electron chi connectivity index (χ2n) is 4.31. The smallest absolute Gasteiger partial charge is 0.157 e. The molecule has 0 fully saturated rings. The van der Waals surface area contributed by atoms with Crippen molar-refractivity contribution in [3.8, 4) is 5.75 Å². The molecule has 0 aromatic carbocycles. The van der Waals surface area contributed by atoms with Crippen LogP contribution in [-0.4, -0.2) is 19.3 Å². The van der Waals surface area contributed by atoms with Crippen LogP contribution >= 0.6 is 0 Å². The van der Waals surface area contributed by atoms with Gasteiger partial charge in [-0.05, 0) is 12.8 Å². The molecule has 2 heterocycles. The lowest BCUT2D eigenvalue weighted by atomic mass is 10.4. The maximum atomic E-state index is 5.72. The topological polar surface area (TPSA) is 44.9 Å². The third-order valence-corrected chi connectivity index (χ3v) is 2.71. The zero-order valence-electron chi connectivity index (χ0n) is 11.0. The molecule has 18 heavy (non-hydrogen) atoms. The van der Waals surface area contributed by atoms with Gasteiger partial charge < -0.3 is 9.30 Å². The standard InChI is InChI=1S/C13H20N4O/c1-3-5-16-11-14-7-12(16)10-18-13-8-15-17(9-13)6-4-2/h7-9,11H,3-6,10H2,1-2H3. The molecule has 0 spiro atoms. The highest BCUT2D eigenvalue weighted by Crippen LogP contribution is 2.11. The first-order valence-corrected chi connectivity index (χ1v) is 6.47. The zero-order chi connectivity index (χ0) is 12.8. The van der Waals surface area contributed by atoms with E-state index in [9.17, 15) is 0 Å². The highest BCUT2D eigenvalue weighted by atomic mass is 16.5. The van der Waals surface area contributed by atoms with Crippen LogP contribution < -0.4 is 4.74 Å². The summed E-state index contributed by atoms with van der Waals surface area (Å²) < 4.78 is 9.74. The Morgan fingerprint density at radius 2 is 2.00 bits per heavy atom. The van der Waals surface area contributed by atoms with Gasteiger partial charge in [-0.2, -0.15) is 5.10 Å². The molecule has 0 aliphatic carbocycles. The average Bonchev–Trinajstić information content (AvgIpc) is 2.97. The van der Waals surface area contributed by atoms with Crippen LogP contribution in [0.3, 0.4) is 0 Å². The number of nitrogens with zero attached hydrogens (tertiary/aromatic N) is 4. The maximum Gasteiger partial charge on any atom is 0.157 e. The normalized spacial score (nSPS) is 10.8. The summed E-state index contributed by atoms with van der Waals surface area (Å²) in [5.41, 5.74) is 1.10. The van der Waals surface area contributed by atoms with E-state index in [0.717, 1.165) is 37.4 Å². The summed E-state index contributed by atoms with van der Waals surface area (Å²) in [6.07, 6.45) is 9.57. The number of hydrogen-bond acceptors (Lipinski definition) is 3. The predicted molar refractivity (Wildman–Crippen MR) is 69.4 cm³/mol. The Labute approximate surface area is 107 Å². The molecule has 0 bridgehead atoms. The van der Waals surface area contributed by atoms with Crippen molar-refractivity contribution in [3.05, 3.63) is 30.6 Å². The van der Waals surface area contributed by atoms with Crippen LogP contribution in [0.1, 0.15) is 32.4 Å². The Morgan fingerprint density at radius 3 is 2.78 bits per heavy atom. The van der Waals surface area contributed by atoms with Gasteiger partial charge in [-0.1, -0.05) is 13.8 Å². The summed E-state index contributed by atoms with van der Waals surface area (Å²) in [6, 6.07) is 0. The molecule has 0 saturated heterocycles. The fourth-order valence-electron chi connectivity index (χ4n) is 1.84. The van der Waals surface area contributed by atoms with E-state index in [-0.39, 0.29) is 0 Å². The molecule has 2 aromatic heterocycles. The van der Waals surface area contributed by atoms with Crippen molar-refractivity contribution in [1.29, 1.82) is 0 Å². The van der Waals surface area contributed by atoms with E-state index in [1.54, 1.807) is 6.20 Å². The second kappa shape index (κ2) is 6.23. The quantitative estimate of drug-likeness (QED) is 0.756. The van der Waals surface area contributed by atoms with Crippen molar-refractivity contribution in [2.45, 2.75) is 46.4 Å². The fraction of sp³-hybridized carbons (Fsp3) is 0.538. The van der Waals surface area contributed by atoms with Crippen molar-refractivity contribution < 1.29 is 4.74 Å². The van der Waals surface area contributed by atoms with Gasteiger partial charge in [0.25, 0.3) is 0 Å². The number of imidazole rings is 1. The number of ether oxygens (including phenoxy) is 1. The van der Waals surface area contributed by atoms with Gasteiger partial charge in [0.15, 0.2) is 5.75 Å². The third kappa shape index (κ3) is 3.12. The van der Waals surface area contributed by atoms with Gasteiger partial charge in [0.1, 0.15) is 6.61 Å². The first kappa shape index (κ1) is 12.7. The summed E-state index contributed by atoms with van der Waals surface area (Å²) in [5.74, 6) is 0.813. The van der Waals surface area contributed by atoms with Crippen molar-refractivity contribution >= 4 is 0 Å². The molecule has 2 aromatic rings. The highest BCUT2D eigenvalue weighted by molar-refractivity contribution is 5.12. The minimum Gasteiger partial charge on any atom is -0.484 e. The molecule has 5 nitrogen and oxygen atoms in total. The first-order chi connectivity index (χ1) is 8.83. The Kier molecular flexibility index (Phi) is 4.39. The molecule has 0 amide bonds. The summed E-state index contributed by atoms with van der Waals surface area (Å²) in [6.45, 7) is 6.73. The van der Waals surface area contributed by atoms with Gasteiger partial charge in [0, 0.05) is 13.1 Å². The van der Waals surface area contributed by atoms with Crippen LogP contribution in [0.4, 0.5) is 0 Å².